The van der Waals surface area contributed by atoms with Gasteiger partial charge in [-0.05, 0) is 24.1 Å². The molecule has 0 aliphatic rings. The van der Waals surface area contributed by atoms with Gasteiger partial charge in [0.25, 0.3) is 0 Å². The van der Waals surface area contributed by atoms with Crippen LogP contribution in [0.3, 0.4) is 0 Å². The van der Waals surface area contributed by atoms with E-state index in [1.807, 2.05) is 25.1 Å². The largest absolute Gasteiger partial charge is 0.496 e. The molecule has 1 rings (SSSR count). The summed E-state index contributed by atoms with van der Waals surface area (Å²) in [6.07, 6.45) is -0.602. The minimum atomic E-state index is -0.602. The molecule has 3 nitrogen and oxygen atoms in total. The molecule has 3 N–H and O–H groups in total. The molecule has 0 unspecified atom stereocenters. The molecule has 0 bridgehead atoms. The zero-order valence-corrected chi connectivity index (χ0v) is 7.95. The molecule has 0 aliphatic carbocycles. The van der Waals surface area contributed by atoms with Crippen LogP contribution in [0, 0.1) is 6.92 Å². The van der Waals surface area contributed by atoms with Gasteiger partial charge in [-0.3, -0.25) is 0 Å². The second kappa shape index (κ2) is 4.25. The summed E-state index contributed by atoms with van der Waals surface area (Å²) in [4.78, 5) is 0. The van der Waals surface area contributed by atoms with Gasteiger partial charge in [0, 0.05) is 6.54 Å². The monoisotopic (exact) mass is 181 g/mol. The lowest BCUT2D eigenvalue weighted by molar-refractivity contribution is 0.185. The molecule has 0 saturated carbocycles. The summed E-state index contributed by atoms with van der Waals surface area (Å²) in [6, 6.07) is 5.57. The van der Waals surface area contributed by atoms with Crippen molar-refractivity contribution in [3.05, 3.63) is 29.3 Å². The smallest absolute Gasteiger partial charge is 0.122 e. The first-order valence-electron chi connectivity index (χ1n) is 4.22. The molecule has 0 radical (unpaired) electrons. The number of rotatable bonds is 3. The fourth-order valence-corrected chi connectivity index (χ4v) is 1.34. The van der Waals surface area contributed by atoms with Gasteiger partial charge >= 0.3 is 0 Å². The van der Waals surface area contributed by atoms with Crippen molar-refractivity contribution in [1.82, 2.24) is 0 Å². The molecule has 13 heavy (non-hydrogen) atoms. The second-order valence-electron chi connectivity index (χ2n) is 2.93. The number of hydrogen-bond acceptors (Lipinski definition) is 3. The zero-order chi connectivity index (χ0) is 9.84. The van der Waals surface area contributed by atoms with Crippen LogP contribution < -0.4 is 10.5 Å². The topological polar surface area (TPSA) is 55.5 Å². The van der Waals surface area contributed by atoms with Gasteiger partial charge < -0.3 is 15.6 Å². The van der Waals surface area contributed by atoms with Crippen molar-refractivity contribution in [2.75, 3.05) is 13.7 Å². The molecule has 72 valence electrons. The van der Waals surface area contributed by atoms with E-state index >= 15 is 0 Å². The van der Waals surface area contributed by atoms with E-state index in [0.29, 0.717) is 0 Å². The van der Waals surface area contributed by atoms with Crippen LogP contribution >= 0.6 is 0 Å². The lowest BCUT2D eigenvalue weighted by Crippen LogP contribution is -2.12. The van der Waals surface area contributed by atoms with Crippen molar-refractivity contribution < 1.29 is 9.84 Å². The summed E-state index contributed by atoms with van der Waals surface area (Å²) < 4.78 is 5.13. The molecule has 3 heteroatoms. The van der Waals surface area contributed by atoms with E-state index in [1.54, 1.807) is 7.11 Å². The normalized spacial score (nSPS) is 12.6. The molecule has 1 aromatic rings. The third kappa shape index (κ3) is 1.99. The van der Waals surface area contributed by atoms with Gasteiger partial charge in [0.05, 0.1) is 13.2 Å². The maximum Gasteiger partial charge on any atom is 0.122 e. The van der Waals surface area contributed by atoms with Crippen LogP contribution in [0.4, 0.5) is 0 Å². The predicted molar refractivity (Wildman–Crippen MR) is 51.7 cm³/mol. The summed E-state index contributed by atoms with van der Waals surface area (Å²) >= 11 is 0. The summed E-state index contributed by atoms with van der Waals surface area (Å²) in [5, 5.41) is 9.55. The average Bonchev–Trinajstić information content (AvgIpc) is 2.17. The molecule has 0 heterocycles. The first kappa shape index (κ1) is 10.0. The van der Waals surface area contributed by atoms with Gasteiger partial charge in [0.2, 0.25) is 0 Å². The van der Waals surface area contributed by atoms with Gasteiger partial charge in [-0.2, -0.15) is 0 Å². The van der Waals surface area contributed by atoms with E-state index in [2.05, 4.69) is 0 Å². The Morgan fingerprint density at radius 1 is 1.54 bits per heavy atom. The number of benzene rings is 1. The van der Waals surface area contributed by atoms with Gasteiger partial charge in [-0.25, -0.2) is 0 Å². The van der Waals surface area contributed by atoms with Crippen molar-refractivity contribution in [3.8, 4) is 5.75 Å². The van der Waals surface area contributed by atoms with E-state index in [4.69, 9.17) is 10.5 Å². The molecule has 0 spiro atoms. The van der Waals surface area contributed by atoms with E-state index in [-0.39, 0.29) is 6.54 Å². The van der Waals surface area contributed by atoms with Crippen LogP contribution in [0.1, 0.15) is 17.2 Å². The lowest BCUT2D eigenvalue weighted by atomic mass is 10.0. The van der Waals surface area contributed by atoms with E-state index in [1.165, 1.54) is 0 Å². The maximum absolute atomic E-state index is 9.55. The number of ether oxygens (including phenoxy) is 1. The second-order valence-corrected chi connectivity index (χ2v) is 2.93. The average molecular weight is 181 g/mol. The molecule has 0 aromatic heterocycles. The SMILES string of the molecule is COc1cccc([C@@H](O)CN)c1C. The summed E-state index contributed by atoms with van der Waals surface area (Å²) in [7, 11) is 1.61. The minimum Gasteiger partial charge on any atom is -0.496 e. The standard InChI is InChI=1S/C10H15NO2/c1-7-8(9(12)6-11)4-3-5-10(7)13-2/h3-5,9,12H,6,11H2,1-2H3/t9-/m0/s1. The van der Waals surface area contributed by atoms with Crippen LogP contribution in [-0.2, 0) is 0 Å². The third-order valence-electron chi connectivity index (χ3n) is 2.13. The highest BCUT2D eigenvalue weighted by molar-refractivity contribution is 5.40. The summed E-state index contributed by atoms with van der Waals surface area (Å²) in [6.45, 7) is 2.14. The van der Waals surface area contributed by atoms with Gasteiger partial charge in [-0.15, -0.1) is 0 Å². The Morgan fingerprint density at radius 3 is 2.77 bits per heavy atom. The fraction of sp³-hybridized carbons (Fsp3) is 0.400. The molecule has 1 aromatic carbocycles. The van der Waals surface area contributed by atoms with Crippen molar-refractivity contribution in [2.45, 2.75) is 13.0 Å². The fourth-order valence-electron chi connectivity index (χ4n) is 1.34. The van der Waals surface area contributed by atoms with Crippen molar-refractivity contribution >= 4 is 0 Å². The van der Waals surface area contributed by atoms with Gasteiger partial charge in [0.15, 0.2) is 0 Å². The third-order valence-corrected chi connectivity index (χ3v) is 2.13. The molecule has 0 aliphatic heterocycles. The van der Waals surface area contributed by atoms with E-state index in [9.17, 15) is 5.11 Å². The molecule has 1 atom stereocenters. The van der Waals surface area contributed by atoms with E-state index < -0.39 is 6.10 Å². The number of methoxy groups -OCH3 is 1. The molecular formula is C10H15NO2. The summed E-state index contributed by atoms with van der Waals surface area (Å²) in [5.74, 6) is 0.782. The Labute approximate surface area is 78.1 Å². The van der Waals surface area contributed by atoms with Gasteiger partial charge in [-0.1, -0.05) is 12.1 Å². The van der Waals surface area contributed by atoms with Crippen LogP contribution in [0.15, 0.2) is 18.2 Å². The number of hydrogen-bond donors (Lipinski definition) is 2. The van der Waals surface area contributed by atoms with Crippen molar-refractivity contribution in [1.29, 1.82) is 0 Å². The lowest BCUT2D eigenvalue weighted by Gasteiger charge is -2.13. The van der Waals surface area contributed by atoms with Crippen molar-refractivity contribution in [2.24, 2.45) is 5.73 Å². The highest BCUT2D eigenvalue weighted by Crippen LogP contribution is 2.25. The Morgan fingerprint density at radius 2 is 2.23 bits per heavy atom. The molecular weight excluding hydrogens is 166 g/mol. The van der Waals surface area contributed by atoms with Gasteiger partial charge in [0.1, 0.15) is 5.75 Å². The van der Waals surface area contributed by atoms with Crippen LogP contribution in [-0.4, -0.2) is 18.8 Å². The summed E-state index contributed by atoms with van der Waals surface area (Å²) in [5.41, 5.74) is 7.16. The maximum atomic E-state index is 9.55. The van der Waals surface area contributed by atoms with E-state index in [0.717, 1.165) is 16.9 Å². The first-order valence-corrected chi connectivity index (χ1v) is 4.22. The highest BCUT2D eigenvalue weighted by Gasteiger charge is 2.10. The quantitative estimate of drug-likeness (QED) is 0.731. The number of nitrogens with two attached hydrogens (primary N) is 1. The predicted octanol–water partition coefficient (Wildman–Crippen LogP) is 0.996. The first-order chi connectivity index (χ1) is 6.20. The Kier molecular flexibility index (Phi) is 3.28. The van der Waals surface area contributed by atoms with Crippen LogP contribution in [0.25, 0.3) is 0 Å². The Bertz CT molecular complexity index is 286. The number of aliphatic hydroxyl groups excluding tert-OH is 1. The molecule has 0 fully saturated rings. The Balaban J connectivity index is 3.08. The zero-order valence-electron chi connectivity index (χ0n) is 7.95. The minimum absolute atomic E-state index is 0.230. The molecule has 0 amide bonds. The van der Waals surface area contributed by atoms with Crippen LogP contribution in [0.5, 0.6) is 5.75 Å². The van der Waals surface area contributed by atoms with Crippen molar-refractivity contribution in [3.63, 3.8) is 0 Å². The molecule has 0 saturated heterocycles. The van der Waals surface area contributed by atoms with Crippen LogP contribution in [0.2, 0.25) is 0 Å². The number of aliphatic hydroxyl groups is 1. The Hall–Kier alpha value is -1.06. The highest BCUT2D eigenvalue weighted by atomic mass is 16.5.